The number of anilines is 5. The fourth-order valence-electron chi connectivity index (χ4n) is 12.1. The van der Waals surface area contributed by atoms with Gasteiger partial charge < -0.3 is 9.71 Å². The van der Waals surface area contributed by atoms with E-state index in [2.05, 4.69) is 192 Å². The molecule has 0 spiro atoms. The van der Waals surface area contributed by atoms with Gasteiger partial charge in [0.2, 0.25) is 0 Å². The molecular weight excluding hydrogens is 687 g/mol. The maximum Gasteiger partial charge on any atom is 0.333 e. The molecule has 3 aliphatic heterocycles. The van der Waals surface area contributed by atoms with E-state index >= 15 is 0 Å². The van der Waals surface area contributed by atoms with Crippen LogP contribution in [0.2, 0.25) is 0 Å². The van der Waals surface area contributed by atoms with Crippen LogP contribution in [0.5, 0.6) is 0 Å². The Morgan fingerprint density at radius 1 is 0.474 bits per heavy atom. The molecule has 3 heteroatoms. The fourth-order valence-corrected chi connectivity index (χ4v) is 12.1. The Bertz CT molecular complexity index is 2940. The number of fused-ring (bicyclic) bond motifs is 13. The van der Waals surface area contributed by atoms with E-state index in [1.807, 2.05) is 0 Å². The Balaban J connectivity index is 1.28. The number of rotatable bonds is 1. The van der Waals surface area contributed by atoms with Crippen LogP contribution in [-0.4, -0.2) is 6.85 Å². The number of para-hydroxylation sites is 2. The summed E-state index contributed by atoms with van der Waals surface area (Å²) in [5, 5.41) is 2.59. The van der Waals surface area contributed by atoms with Gasteiger partial charge in [0.1, 0.15) is 0 Å². The quantitative estimate of drug-likeness (QED) is 0.155. The predicted octanol–water partition coefficient (Wildman–Crippen LogP) is 12.8. The van der Waals surface area contributed by atoms with Crippen LogP contribution >= 0.6 is 0 Å². The van der Waals surface area contributed by atoms with Crippen LogP contribution in [0.15, 0.2) is 127 Å². The van der Waals surface area contributed by atoms with Gasteiger partial charge in [0.05, 0.1) is 11.4 Å². The summed E-state index contributed by atoms with van der Waals surface area (Å²) in [7, 11) is 0. The molecule has 2 aliphatic carbocycles. The summed E-state index contributed by atoms with van der Waals surface area (Å²) < 4.78 is 0. The van der Waals surface area contributed by atoms with E-state index in [1.54, 1.807) is 0 Å². The molecule has 0 saturated carbocycles. The molecule has 0 radical (unpaired) electrons. The van der Waals surface area contributed by atoms with Gasteiger partial charge in [-0.15, -0.1) is 0 Å². The summed E-state index contributed by atoms with van der Waals surface area (Å²) in [4.78, 5) is 5.47. The normalized spacial score (nSPS) is 18.8. The van der Waals surface area contributed by atoms with Crippen molar-refractivity contribution < 1.29 is 0 Å². The van der Waals surface area contributed by atoms with Crippen LogP contribution in [0, 0.1) is 0 Å². The lowest BCUT2D eigenvalue weighted by atomic mass is 9.42. The van der Waals surface area contributed by atoms with Crippen molar-refractivity contribution in [3.63, 3.8) is 0 Å². The van der Waals surface area contributed by atoms with Gasteiger partial charge in [0.25, 0.3) is 0 Å². The third-order valence-corrected chi connectivity index (χ3v) is 15.3. The minimum Gasteiger partial charge on any atom is -0.376 e. The molecule has 0 aromatic heterocycles. The van der Waals surface area contributed by atoms with Crippen molar-refractivity contribution in [2.75, 3.05) is 9.71 Å². The summed E-state index contributed by atoms with van der Waals surface area (Å²) in [5.74, 6) is 0. The van der Waals surface area contributed by atoms with E-state index in [1.165, 1.54) is 119 Å². The van der Waals surface area contributed by atoms with Crippen molar-refractivity contribution in [1.82, 2.24) is 0 Å². The van der Waals surface area contributed by atoms with E-state index in [0.717, 1.165) is 0 Å². The first-order valence-electron chi connectivity index (χ1n) is 21.1. The summed E-state index contributed by atoms with van der Waals surface area (Å²) in [5.41, 5.74) is 23.3. The molecule has 7 aromatic rings. The third kappa shape index (κ3) is 4.08. The molecule has 0 amide bonds. The van der Waals surface area contributed by atoms with Gasteiger partial charge >= 0.3 is 6.85 Å². The lowest BCUT2D eigenvalue weighted by Gasteiger charge is -2.51. The van der Waals surface area contributed by atoms with Gasteiger partial charge in [0.15, 0.2) is 0 Å². The lowest BCUT2D eigenvalue weighted by Crippen LogP contribution is -2.62. The van der Waals surface area contributed by atoms with Gasteiger partial charge in [-0.2, -0.15) is 0 Å². The van der Waals surface area contributed by atoms with Crippen molar-refractivity contribution in [2.45, 2.75) is 89.9 Å². The molecule has 3 heterocycles. The first-order chi connectivity index (χ1) is 27.3. The number of hydrogen-bond donors (Lipinski definition) is 0. The van der Waals surface area contributed by atoms with Crippen LogP contribution in [0.4, 0.5) is 28.4 Å². The molecule has 5 aliphatic rings. The highest BCUT2D eigenvalue weighted by Crippen LogP contribution is 2.60. The summed E-state index contributed by atoms with van der Waals surface area (Å²) in [6, 6.07) is 49.7. The zero-order chi connectivity index (χ0) is 39.0. The van der Waals surface area contributed by atoms with E-state index in [9.17, 15) is 0 Å². The van der Waals surface area contributed by atoms with Crippen molar-refractivity contribution in [2.24, 2.45) is 0 Å². The second-order valence-electron chi connectivity index (χ2n) is 20.0. The van der Waals surface area contributed by atoms with Crippen molar-refractivity contribution >= 4 is 57.0 Å². The van der Waals surface area contributed by atoms with Crippen LogP contribution in [0.1, 0.15) is 102 Å². The molecule has 0 fully saturated rings. The Morgan fingerprint density at radius 3 is 1.96 bits per heavy atom. The predicted molar refractivity (Wildman–Crippen MR) is 243 cm³/mol. The van der Waals surface area contributed by atoms with Gasteiger partial charge in [-0.1, -0.05) is 159 Å². The molecule has 0 saturated heterocycles. The van der Waals surface area contributed by atoms with Gasteiger partial charge in [-0.3, -0.25) is 0 Å². The van der Waals surface area contributed by atoms with E-state index in [4.69, 9.17) is 0 Å². The second kappa shape index (κ2) is 10.7. The number of benzene rings is 7. The minimum absolute atomic E-state index is 0.0421. The molecule has 278 valence electrons. The van der Waals surface area contributed by atoms with Gasteiger partial charge in [0, 0.05) is 44.4 Å². The second-order valence-corrected chi connectivity index (χ2v) is 20.0. The van der Waals surface area contributed by atoms with E-state index in [0.29, 0.717) is 0 Å². The van der Waals surface area contributed by atoms with Crippen LogP contribution < -0.4 is 20.6 Å². The molecular formula is C54H49BN2. The Morgan fingerprint density at radius 2 is 1.14 bits per heavy atom. The van der Waals surface area contributed by atoms with Gasteiger partial charge in [-0.05, 0) is 109 Å². The smallest absolute Gasteiger partial charge is 0.333 e. The highest BCUT2D eigenvalue weighted by atomic mass is 15.2. The first-order valence-corrected chi connectivity index (χ1v) is 21.1. The van der Waals surface area contributed by atoms with E-state index < -0.39 is 0 Å². The Kier molecular flexibility index (Phi) is 6.30. The standard InChI is InChI=1S/C54H49BN2/c1-51(2)28-29-52(3,4)43-31-33(24-26-39(43)51)57-48-35(25-27-41-46(48)36-18-11-12-19-38(36)53(41,5)6)37-30-32-16-9-10-17-34(32)49-47(37)55(57)44-22-15-21-42-50(44)56(49)45-23-14-13-20-40(45)54(42,7)8/h9-27,30-31H,28-29H2,1-8H3. The Labute approximate surface area is 338 Å². The maximum absolute atomic E-state index is 2.81. The molecule has 0 bridgehead atoms. The fraction of sp³-hybridized carbons (Fsp3) is 0.259. The highest BCUT2D eigenvalue weighted by molar-refractivity contribution is 6.94. The zero-order valence-corrected chi connectivity index (χ0v) is 34.5. The average Bonchev–Trinajstić information content (AvgIpc) is 3.45. The number of nitrogens with zero attached hydrogens (tertiary/aromatic N) is 2. The molecule has 57 heavy (non-hydrogen) atoms. The van der Waals surface area contributed by atoms with E-state index in [-0.39, 0.29) is 28.5 Å². The topological polar surface area (TPSA) is 6.48 Å². The van der Waals surface area contributed by atoms with Gasteiger partial charge in [-0.25, -0.2) is 0 Å². The maximum atomic E-state index is 2.81. The molecule has 7 aromatic carbocycles. The number of hydrogen-bond acceptors (Lipinski definition) is 2. The van der Waals surface area contributed by atoms with Crippen molar-refractivity contribution in [3.8, 4) is 22.3 Å². The SMILES string of the molecule is CC1(C)CCC(C)(C)c2cc(N3B4c5cccc6c5N(c5ccccc5C6(C)C)c5c4c(cc4ccccc54)-c4ccc5c(c43)-c3ccccc3C5(C)C)ccc21. The monoisotopic (exact) mass is 736 g/mol. The van der Waals surface area contributed by atoms with Crippen LogP contribution in [0.3, 0.4) is 0 Å². The van der Waals surface area contributed by atoms with Crippen molar-refractivity contribution in [1.29, 1.82) is 0 Å². The first kappa shape index (κ1) is 33.6. The molecule has 0 N–H and O–H groups in total. The zero-order valence-electron chi connectivity index (χ0n) is 34.5. The molecule has 0 unspecified atom stereocenters. The minimum atomic E-state index is -0.174. The summed E-state index contributed by atoms with van der Waals surface area (Å²) in [6.45, 7) is 19.5. The van der Waals surface area contributed by atoms with Crippen LogP contribution in [0.25, 0.3) is 33.0 Å². The van der Waals surface area contributed by atoms with Crippen molar-refractivity contribution in [3.05, 3.63) is 161 Å². The third-order valence-electron chi connectivity index (χ3n) is 15.3. The lowest BCUT2D eigenvalue weighted by molar-refractivity contribution is 0.332. The van der Waals surface area contributed by atoms with Crippen LogP contribution in [-0.2, 0) is 21.7 Å². The summed E-state index contributed by atoms with van der Waals surface area (Å²) in [6.07, 6.45) is 2.38. The highest BCUT2D eigenvalue weighted by Gasteiger charge is 2.52. The Hall–Kier alpha value is -5.54. The largest absolute Gasteiger partial charge is 0.376 e. The summed E-state index contributed by atoms with van der Waals surface area (Å²) >= 11 is 0. The molecule has 2 nitrogen and oxygen atoms in total. The molecule has 12 rings (SSSR count). The average molecular weight is 737 g/mol. The molecule has 0 atom stereocenters.